The van der Waals surface area contributed by atoms with Crippen molar-refractivity contribution in [3.05, 3.63) is 72.9 Å². The highest BCUT2D eigenvalue weighted by atomic mass is 16.2. The number of ketones is 1. The van der Waals surface area contributed by atoms with Gasteiger partial charge in [-0.3, -0.25) is 9.59 Å². The summed E-state index contributed by atoms with van der Waals surface area (Å²) in [6, 6.07) is 8.88. The Balaban J connectivity index is 0. The van der Waals surface area contributed by atoms with Crippen molar-refractivity contribution < 1.29 is 12.4 Å². The molecule has 0 bridgehead atoms. The van der Waals surface area contributed by atoms with Crippen LogP contribution < -0.4 is 10.6 Å². The van der Waals surface area contributed by atoms with Gasteiger partial charge in [0, 0.05) is 8.77 Å². The third-order valence-electron chi connectivity index (χ3n) is 4.31. The van der Waals surface area contributed by atoms with E-state index in [9.17, 15) is 9.59 Å². The van der Waals surface area contributed by atoms with Gasteiger partial charge >= 0.3 is 0 Å². The molecule has 1 amide bonds. The van der Waals surface area contributed by atoms with Crippen LogP contribution in [0.3, 0.4) is 0 Å². The van der Waals surface area contributed by atoms with E-state index in [0.717, 1.165) is 11.1 Å². The molecular formula is C23H36N2O2. The summed E-state index contributed by atoms with van der Waals surface area (Å²) >= 11 is 0. The summed E-state index contributed by atoms with van der Waals surface area (Å²) in [5, 5.41) is 6.18. The number of carbonyl (C=O) groups is 2. The van der Waals surface area contributed by atoms with E-state index in [1.807, 2.05) is 57.2 Å². The lowest BCUT2D eigenvalue weighted by Crippen LogP contribution is -2.51. The molecule has 2 unspecified atom stereocenters. The van der Waals surface area contributed by atoms with Crippen LogP contribution >= 0.6 is 0 Å². The van der Waals surface area contributed by atoms with Crippen molar-refractivity contribution in [3.63, 3.8) is 0 Å². The van der Waals surface area contributed by atoms with Gasteiger partial charge in [-0.05, 0) is 30.5 Å². The maximum atomic E-state index is 12.9. The molecule has 0 aliphatic heterocycles. The fourth-order valence-corrected chi connectivity index (χ4v) is 2.86. The van der Waals surface area contributed by atoms with E-state index in [2.05, 4.69) is 23.8 Å². The second-order valence-corrected chi connectivity index (χ2v) is 6.80. The van der Waals surface area contributed by atoms with Gasteiger partial charge in [-0.1, -0.05) is 82.5 Å². The van der Waals surface area contributed by atoms with E-state index in [-0.39, 0.29) is 20.5 Å². The highest BCUT2D eigenvalue weighted by Gasteiger charge is 2.27. The molecule has 150 valence electrons. The Hall–Kier alpha value is -2.46. The summed E-state index contributed by atoms with van der Waals surface area (Å²) in [5.74, 6) is -0.325. The van der Waals surface area contributed by atoms with Gasteiger partial charge in [0.2, 0.25) is 5.91 Å². The molecule has 0 fully saturated rings. The Labute approximate surface area is 166 Å². The molecule has 4 heteroatoms. The zero-order chi connectivity index (χ0) is 20.2. The summed E-state index contributed by atoms with van der Waals surface area (Å²) < 4.78 is 0. The molecule has 0 spiro atoms. The molecule has 2 atom stereocenters. The predicted octanol–water partition coefficient (Wildman–Crippen LogP) is 4.10. The normalized spacial score (nSPS) is 13.7. The standard InChI is InChI=1S/C23H32N2O2.2H2/c1-6-12-18(7-2)15-20(22(26)17(4)5)25-23(27)21(24-8-3)16-19-13-10-9-11-14-19;;/h6-7,9-14,17,20-21,24H,1-2,8,15-16H2,3-5H3,(H,25,27);2*1H/b18-12+;;. The van der Waals surface area contributed by atoms with Crippen LogP contribution in [0, 0.1) is 5.92 Å². The fraction of sp³-hybridized carbons (Fsp3) is 0.391. The lowest BCUT2D eigenvalue weighted by molar-refractivity contribution is -0.130. The minimum Gasteiger partial charge on any atom is -0.345 e. The molecule has 0 saturated heterocycles. The topological polar surface area (TPSA) is 58.2 Å². The van der Waals surface area contributed by atoms with Gasteiger partial charge in [0.25, 0.3) is 0 Å². The Bertz CT molecular complexity index is 673. The molecule has 0 heterocycles. The van der Waals surface area contributed by atoms with Crippen LogP contribution in [0.4, 0.5) is 0 Å². The number of hydrogen-bond acceptors (Lipinski definition) is 3. The molecule has 27 heavy (non-hydrogen) atoms. The molecule has 1 aromatic carbocycles. The monoisotopic (exact) mass is 372 g/mol. The van der Waals surface area contributed by atoms with Crippen LogP contribution in [0.15, 0.2) is 67.3 Å². The first-order valence-corrected chi connectivity index (χ1v) is 9.48. The second kappa shape index (κ2) is 12.0. The Morgan fingerprint density at radius 3 is 2.33 bits per heavy atom. The van der Waals surface area contributed by atoms with Gasteiger partial charge in [0.15, 0.2) is 5.78 Å². The molecule has 4 nitrogen and oxygen atoms in total. The largest absolute Gasteiger partial charge is 0.345 e. The lowest BCUT2D eigenvalue weighted by Gasteiger charge is -2.24. The molecule has 0 aliphatic rings. The van der Waals surface area contributed by atoms with E-state index in [1.54, 1.807) is 12.2 Å². The Kier molecular flexibility index (Phi) is 10.1. The average Bonchev–Trinajstić information content (AvgIpc) is 2.66. The number of amides is 1. The second-order valence-electron chi connectivity index (χ2n) is 6.80. The number of allylic oxidation sites excluding steroid dienone is 3. The highest BCUT2D eigenvalue weighted by molar-refractivity contribution is 5.92. The van der Waals surface area contributed by atoms with Crippen LogP contribution in [0.25, 0.3) is 0 Å². The number of rotatable bonds is 12. The Morgan fingerprint density at radius 2 is 1.81 bits per heavy atom. The van der Waals surface area contributed by atoms with Crippen LogP contribution in [-0.4, -0.2) is 30.3 Å². The first-order chi connectivity index (χ1) is 12.9. The first-order valence-electron chi connectivity index (χ1n) is 9.48. The number of likely N-dealkylation sites (N-methyl/N-ethyl adjacent to an activating group) is 1. The highest BCUT2D eigenvalue weighted by Crippen LogP contribution is 2.13. The fourth-order valence-electron chi connectivity index (χ4n) is 2.86. The maximum absolute atomic E-state index is 12.9. The average molecular weight is 373 g/mol. The van der Waals surface area contributed by atoms with Gasteiger partial charge in [0.05, 0.1) is 12.1 Å². The molecular weight excluding hydrogens is 336 g/mol. The molecule has 2 N–H and O–H groups in total. The minimum absolute atomic E-state index is 0. The van der Waals surface area contributed by atoms with Crippen molar-refractivity contribution in [3.8, 4) is 0 Å². The summed E-state index contributed by atoms with van der Waals surface area (Å²) in [6.45, 7) is 13.8. The van der Waals surface area contributed by atoms with Crippen molar-refractivity contribution >= 4 is 11.7 Å². The molecule has 0 aromatic heterocycles. The van der Waals surface area contributed by atoms with Gasteiger partial charge in [-0.2, -0.15) is 0 Å². The predicted molar refractivity (Wildman–Crippen MR) is 117 cm³/mol. The minimum atomic E-state index is -0.585. The molecule has 0 aliphatic carbocycles. The van der Waals surface area contributed by atoms with Crippen LogP contribution in [0.2, 0.25) is 0 Å². The maximum Gasteiger partial charge on any atom is 0.238 e. The molecule has 0 saturated carbocycles. The molecule has 1 rings (SSSR count). The summed E-state index contributed by atoms with van der Waals surface area (Å²) in [7, 11) is 0. The van der Waals surface area contributed by atoms with E-state index in [1.165, 1.54) is 0 Å². The first kappa shape index (κ1) is 22.6. The van der Waals surface area contributed by atoms with E-state index < -0.39 is 12.1 Å². The molecule has 1 aromatic rings. The van der Waals surface area contributed by atoms with Crippen molar-refractivity contribution in [2.45, 2.75) is 45.7 Å². The smallest absolute Gasteiger partial charge is 0.238 e. The van der Waals surface area contributed by atoms with Gasteiger partial charge in [0.1, 0.15) is 0 Å². The van der Waals surface area contributed by atoms with Gasteiger partial charge in [-0.15, -0.1) is 0 Å². The van der Waals surface area contributed by atoms with E-state index >= 15 is 0 Å². The summed E-state index contributed by atoms with van der Waals surface area (Å²) in [5.41, 5.74) is 1.94. The SMILES string of the molecule is C=C/C=C(\C=C)CC(NC(=O)C(Cc1ccccc1)NCC)C(=O)C(C)C.[HH].[HH]. The zero-order valence-electron chi connectivity index (χ0n) is 16.7. The number of carbonyl (C=O) groups excluding carboxylic acids is 2. The zero-order valence-corrected chi connectivity index (χ0v) is 16.7. The van der Waals surface area contributed by atoms with Gasteiger partial charge < -0.3 is 10.6 Å². The number of nitrogens with one attached hydrogen (secondary N) is 2. The molecule has 0 radical (unpaired) electrons. The number of benzene rings is 1. The summed E-state index contributed by atoms with van der Waals surface area (Å²) in [6.07, 6.45) is 6.14. The lowest BCUT2D eigenvalue weighted by atomic mass is 9.94. The van der Waals surface area contributed by atoms with Crippen LogP contribution in [0.5, 0.6) is 0 Å². The van der Waals surface area contributed by atoms with Crippen molar-refractivity contribution in [2.75, 3.05) is 6.54 Å². The Morgan fingerprint density at radius 1 is 1.15 bits per heavy atom. The third kappa shape index (κ3) is 7.75. The van der Waals surface area contributed by atoms with E-state index in [4.69, 9.17) is 0 Å². The van der Waals surface area contributed by atoms with Crippen LogP contribution in [-0.2, 0) is 16.0 Å². The van der Waals surface area contributed by atoms with Crippen LogP contribution in [0.1, 0.15) is 35.6 Å². The quantitative estimate of drug-likeness (QED) is 0.543. The summed E-state index contributed by atoms with van der Waals surface area (Å²) in [4.78, 5) is 25.6. The van der Waals surface area contributed by atoms with Crippen molar-refractivity contribution in [1.29, 1.82) is 0 Å². The van der Waals surface area contributed by atoms with Crippen molar-refractivity contribution in [1.82, 2.24) is 10.6 Å². The third-order valence-corrected chi connectivity index (χ3v) is 4.31. The van der Waals surface area contributed by atoms with Crippen molar-refractivity contribution in [2.24, 2.45) is 5.92 Å². The number of hydrogen-bond donors (Lipinski definition) is 2. The van der Waals surface area contributed by atoms with E-state index in [0.29, 0.717) is 19.4 Å². The van der Waals surface area contributed by atoms with Gasteiger partial charge in [-0.25, -0.2) is 0 Å². The number of Topliss-reactive ketones (excluding diaryl/α,β-unsaturated/α-hetero) is 1.